The Bertz CT molecular complexity index is 1430. The zero-order valence-corrected chi connectivity index (χ0v) is 19.3. The summed E-state index contributed by atoms with van der Waals surface area (Å²) in [6, 6.07) is 9.57. The van der Waals surface area contributed by atoms with Crippen LogP contribution in [-0.4, -0.2) is 38.6 Å². The van der Waals surface area contributed by atoms with Crippen LogP contribution < -0.4 is 0 Å². The topological polar surface area (TPSA) is 77.2 Å². The Hall–Kier alpha value is -3.76. The van der Waals surface area contributed by atoms with E-state index in [0.717, 1.165) is 36.2 Å². The molecule has 0 aliphatic heterocycles. The molecule has 176 valence electrons. The van der Waals surface area contributed by atoms with Gasteiger partial charge in [-0.3, -0.25) is 0 Å². The quantitative estimate of drug-likeness (QED) is 0.462. The number of methoxy groups -OCH3 is 1. The van der Waals surface area contributed by atoms with Gasteiger partial charge in [0.15, 0.2) is 0 Å². The van der Waals surface area contributed by atoms with Crippen LogP contribution in [0.2, 0.25) is 0 Å². The highest BCUT2D eigenvalue weighted by molar-refractivity contribution is 5.91. The summed E-state index contributed by atoms with van der Waals surface area (Å²) in [5.41, 5.74) is 2.83. The Morgan fingerprint density at radius 3 is 2.80 bits per heavy atom. The molecule has 2 aromatic heterocycles. The molecule has 6 rings (SSSR count). The molecule has 1 N–H and O–H groups in total. The number of hydrogen-bond acceptors (Lipinski definition) is 5. The Kier molecular flexibility index (Phi) is 4.90. The maximum absolute atomic E-state index is 13.4. The average Bonchev–Trinajstić information content (AvgIpc) is 3.60. The van der Waals surface area contributed by atoms with Crippen molar-refractivity contribution in [2.75, 3.05) is 7.11 Å². The second-order valence-electron chi connectivity index (χ2n) is 9.54. The monoisotopic (exact) mass is 469 g/mol. The maximum atomic E-state index is 13.4. The minimum absolute atomic E-state index is 0.284. The molecule has 3 aliphatic carbocycles. The van der Waals surface area contributed by atoms with Crippen LogP contribution in [0.5, 0.6) is 0 Å². The number of aromatic nitrogens is 3. The lowest BCUT2D eigenvalue weighted by molar-refractivity contribution is -0.00860. The highest BCUT2D eigenvalue weighted by atomic mass is 19.1. The molecule has 2 saturated carbocycles. The Morgan fingerprint density at radius 1 is 1.26 bits per heavy atom. The van der Waals surface area contributed by atoms with Gasteiger partial charge in [-0.25, -0.2) is 18.9 Å². The smallest absolute Gasteiger partial charge is 0.340 e. The predicted octanol–water partition coefficient (Wildman–Crippen LogP) is 4.11. The fourth-order valence-corrected chi connectivity index (χ4v) is 5.86. The number of benzene rings is 1. The molecule has 35 heavy (non-hydrogen) atoms. The number of halogens is 1. The first kappa shape index (κ1) is 21.8. The fraction of sp³-hybridized carbons (Fsp3) is 0.321. The van der Waals surface area contributed by atoms with Crippen molar-refractivity contribution in [2.24, 2.45) is 11.3 Å². The average molecular weight is 470 g/mol. The fourth-order valence-electron chi connectivity index (χ4n) is 5.86. The third-order valence-corrected chi connectivity index (χ3v) is 7.68. The van der Waals surface area contributed by atoms with E-state index >= 15 is 0 Å². The van der Waals surface area contributed by atoms with E-state index in [9.17, 15) is 14.3 Å². The Morgan fingerprint density at radius 2 is 2.06 bits per heavy atom. The van der Waals surface area contributed by atoms with Crippen molar-refractivity contribution in [1.82, 2.24) is 14.8 Å². The van der Waals surface area contributed by atoms with E-state index in [2.05, 4.69) is 28.0 Å². The van der Waals surface area contributed by atoms with Crippen molar-refractivity contribution >= 4 is 12.0 Å². The van der Waals surface area contributed by atoms with Gasteiger partial charge >= 0.3 is 5.97 Å². The number of ether oxygens (including phenoxy) is 1. The van der Waals surface area contributed by atoms with Crippen LogP contribution in [0, 0.1) is 29.0 Å². The number of fused-ring (bicyclic) bond motifs is 2. The van der Waals surface area contributed by atoms with E-state index in [1.54, 1.807) is 30.5 Å². The molecular weight excluding hydrogens is 445 g/mol. The Balaban J connectivity index is 1.42. The highest BCUT2D eigenvalue weighted by Crippen LogP contribution is 2.65. The molecule has 0 spiro atoms. The molecule has 0 saturated heterocycles. The first-order chi connectivity index (χ1) is 16.9. The van der Waals surface area contributed by atoms with Crippen molar-refractivity contribution in [3.63, 3.8) is 0 Å². The van der Waals surface area contributed by atoms with Crippen LogP contribution in [0.3, 0.4) is 0 Å². The molecule has 3 aromatic rings. The van der Waals surface area contributed by atoms with Gasteiger partial charge in [-0.1, -0.05) is 11.5 Å². The molecule has 0 amide bonds. The van der Waals surface area contributed by atoms with Crippen LogP contribution >= 0.6 is 0 Å². The van der Waals surface area contributed by atoms with Crippen LogP contribution in [-0.2, 0) is 11.2 Å². The Labute approximate surface area is 202 Å². The lowest BCUT2D eigenvalue weighted by atomic mass is 9.63. The summed E-state index contributed by atoms with van der Waals surface area (Å²) in [6.07, 6.45) is 9.52. The number of pyridine rings is 1. The van der Waals surface area contributed by atoms with E-state index in [0.29, 0.717) is 24.5 Å². The van der Waals surface area contributed by atoms with Crippen molar-refractivity contribution in [1.29, 1.82) is 0 Å². The van der Waals surface area contributed by atoms with E-state index in [4.69, 9.17) is 4.74 Å². The van der Waals surface area contributed by atoms with Gasteiger partial charge in [0, 0.05) is 11.6 Å². The molecular formula is C28H24FN3O3. The minimum atomic E-state index is -1.25. The first-order valence-electron chi connectivity index (χ1n) is 11.8. The zero-order valence-electron chi connectivity index (χ0n) is 19.3. The van der Waals surface area contributed by atoms with Gasteiger partial charge in [-0.05, 0) is 92.0 Å². The van der Waals surface area contributed by atoms with Crippen LogP contribution in [0.15, 0.2) is 54.4 Å². The molecule has 0 radical (unpaired) electrons. The van der Waals surface area contributed by atoms with Gasteiger partial charge in [0.25, 0.3) is 0 Å². The highest BCUT2D eigenvalue weighted by Gasteiger charge is 2.64. The molecule has 1 aromatic carbocycles. The summed E-state index contributed by atoms with van der Waals surface area (Å²) in [5.74, 6) is 5.71. The van der Waals surface area contributed by atoms with Crippen LogP contribution in [0.25, 0.3) is 11.8 Å². The van der Waals surface area contributed by atoms with Crippen molar-refractivity contribution in [2.45, 2.75) is 37.7 Å². The molecule has 0 unspecified atom stereocenters. The molecule has 3 aliphatic rings. The summed E-state index contributed by atoms with van der Waals surface area (Å²) < 4.78 is 20.1. The third-order valence-electron chi connectivity index (χ3n) is 7.68. The number of aliphatic hydroxyl groups is 1. The van der Waals surface area contributed by atoms with Gasteiger partial charge < -0.3 is 9.84 Å². The van der Waals surface area contributed by atoms with Gasteiger partial charge in [0.1, 0.15) is 17.1 Å². The van der Waals surface area contributed by atoms with E-state index in [1.165, 1.54) is 24.8 Å². The SMILES string of the molecule is COC(=O)c1cccnc1C#C[C@]1(O)CCC2=Cc3c(cnn3-c3ccc(F)cc3)C[C@@]21C1CC1. The molecule has 7 heteroatoms. The standard InChI is InChI=1S/C28H24FN3O3/c1-35-26(33)23-3-2-14-30-24(23)11-13-27(34)12-10-20-15-25-18(16-28(20,27)19-4-5-19)17-31-32(25)22-8-6-21(29)7-9-22/h2-3,6-9,14-15,17,19,34H,4-5,10,12,16H2,1H3/t27-,28-/m1/s1. The lowest BCUT2D eigenvalue weighted by Crippen LogP contribution is -2.48. The van der Waals surface area contributed by atoms with Gasteiger partial charge in [0.2, 0.25) is 0 Å². The summed E-state index contributed by atoms with van der Waals surface area (Å²) >= 11 is 0. The molecule has 2 heterocycles. The van der Waals surface area contributed by atoms with Crippen LogP contribution in [0.1, 0.15) is 53.0 Å². The molecule has 2 atom stereocenters. The summed E-state index contributed by atoms with van der Waals surface area (Å²) in [7, 11) is 1.32. The van der Waals surface area contributed by atoms with Crippen molar-refractivity contribution < 1.29 is 19.0 Å². The van der Waals surface area contributed by atoms with Gasteiger partial charge in [-0.2, -0.15) is 5.10 Å². The van der Waals surface area contributed by atoms with E-state index < -0.39 is 17.0 Å². The molecule has 6 nitrogen and oxygen atoms in total. The second-order valence-corrected chi connectivity index (χ2v) is 9.54. The second kappa shape index (κ2) is 7.89. The maximum Gasteiger partial charge on any atom is 0.340 e. The van der Waals surface area contributed by atoms with Crippen molar-refractivity contribution in [3.05, 3.63) is 82.7 Å². The van der Waals surface area contributed by atoms with Crippen molar-refractivity contribution in [3.8, 4) is 17.5 Å². The largest absolute Gasteiger partial charge is 0.465 e. The van der Waals surface area contributed by atoms with Gasteiger partial charge in [0.05, 0.1) is 30.3 Å². The van der Waals surface area contributed by atoms with E-state index in [1.807, 2.05) is 10.9 Å². The van der Waals surface area contributed by atoms with Gasteiger partial charge in [-0.15, -0.1) is 0 Å². The number of carbonyl (C=O) groups is 1. The zero-order chi connectivity index (χ0) is 24.2. The summed E-state index contributed by atoms with van der Waals surface area (Å²) in [6.45, 7) is 0. The number of esters is 1. The van der Waals surface area contributed by atoms with Crippen LogP contribution in [0.4, 0.5) is 4.39 Å². The third kappa shape index (κ3) is 3.32. The predicted molar refractivity (Wildman–Crippen MR) is 127 cm³/mol. The number of hydrogen-bond donors (Lipinski definition) is 1. The summed E-state index contributed by atoms with van der Waals surface area (Å²) in [4.78, 5) is 16.4. The first-order valence-corrected chi connectivity index (χ1v) is 11.8. The molecule has 0 bridgehead atoms. The number of rotatable bonds is 3. The number of nitrogens with zero attached hydrogens (tertiary/aromatic N) is 3. The lowest BCUT2D eigenvalue weighted by Gasteiger charge is -2.43. The minimum Gasteiger partial charge on any atom is -0.465 e. The number of carbonyl (C=O) groups excluding carboxylic acids is 1. The van der Waals surface area contributed by atoms with E-state index in [-0.39, 0.29) is 11.4 Å². The molecule has 2 fully saturated rings. The normalized spacial score (nSPS) is 24.6. The summed E-state index contributed by atoms with van der Waals surface area (Å²) in [5, 5.41) is 16.6.